The van der Waals surface area contributed by atoms with E-state index in [1.54, 1.807) is 18.4 Å². The predicted molar refractivity (Wildman–Crippen MR) is 60.3 cm³/mol. The molecule has 0 amide bonds. The first kappa shape index (κ1) is 10.5. The summed E-state index contributed by atoms with van der Waals surface area (Å²) in [5, 5.41) is 6.66. The fourth-order valence-corrected chi connectivity index (χ4v) is 2.28. The van der Waals surface area contributed by atoms with Gasteiger partial charge < -0.3 is 4.74 Å². The number of rotatable bonds is 3. The van der Waals surface area contributed by atoms with Crippen molar-refractivity contribution in [2.75, 3.05) is 7.11 Å². The molecule has 5 nitrogen and oxygen atoms in total. The zero-order valence-corrected chi connectivity index (χ0v) is 9.96. The summed E-state index contributed by atoms with van der Waals surface area (Å²) in [4.78, 5) is 9.50. The molecule has 0 fully saturated rings. The standard InChI is InChI=1S/C8H10N4OS2/c1-4-9-5(3-13-2)6(15-4)7-10-8(14)12-11-7/h3H2,1-2H3,(H2,10,11,12,14). The Hall–Kier alpha value is -1.05. The van der Waals surface area contributed by atoms with Crippen LogP contribution in [0.25, 0.3) is 10.7 Å². The third kappa shape index (κ3) is 2.14. The maximum absolute atomic E-state index is 5.08. The van der Waals surface area contributed by atoms with E-state index < -0.39 is 0 Å². The molecule has 0 radical (unpaired) electrons. The Morgan fingerprint density at radius 3 is 2.80 bits per heavy atom. The molecule has 0 spiro atoms. The molecular weight excluding hydrogens is 232 g/mol. The molecule has 2 rings (SSSR count). The maximum atomic E-state index is 5.08. The molecular formula is C8H10N4OS2. The summed E-state index contributed by atoms with van der Waals surface area (Å²) in [7, 11) is 1.64. The van der Waals surface area contributed by atoms with Crippen molar-refractivity contribution in [3.05, 3.63) is 15.5 Å². The van der Waals surface area contributed by atoms with Gasteiger partial charge in [0, 0.05) is 7.11 Å². The number of aromatic nitrogens is 4. The summed E-state index contributed by atoms with van der Waals surface area (Å²) in [6.45, 7) is 2.43. The van der Waals surface area contributed by atoms with Gasteiger partial charge in [0.25, 0.3) is 0 Å². The first-order valence-corrected chi connectivity index (χ1v) is 5.53. The van der Waals surface area contributed by atoms with E-state index in [0.717, 1.165) is 21.4 Å². The van der Waals surface area contributed by atoms with Crippen LogP contribution in [-0.2, 0) is 11.3 Å². The summed E-state index contributed by atoms with van der Waals surface area (Å²) in [5.41, 5.74) is 0.887. The number of nitrogens with zero attached hydrogens (tertiary/aromatic N) is 2. The van der Waals surface area contributed by atoms with Crippen molar-refractivity contribution >= 4 is 23.6 Å². The lowest BCUT2D eigenvalue weighted by Gasteiger charge is -1.96. The highest BCUT2D eigenvalue weighted by molar-refractivity contribution is 7.71. The molecule has 0 saturated heterocycles. The van der Waals surface area contributed by atoms with E-state index in [2.05, 4.69) is 20.2 Å². The summed E-state index contributed by atoms with van der Waals surface area (Å²) >= 11 is 6.47. The Balaban J connectivity index is 2.46. The highest BCUT2D eigenvalue weighted by Gasteiger charge is 2.13. The molecule has 2 N–H and O–H groups in total. The van der Waals surface area contributed by atoms with Crippen molar-refractivity contribution in [2.45, 2.75) is 13.5 Å². The Morgan fingerprint density at radius 2 is 2.20 bits per heavy atom. The Bertz CT molecular complexity index is 513. The molecule has 0 bridgehead atoms. The molecule has 0 unspecified atom stereocenters. The molecule has 2 aromatic rings. The van der Waals surface area contributed by atoms with Gasteiger partial charge in [0.05, 0.1) is 22.2 Å². The van der Waals surface area contributed by atoms with Crippen molar-refractivity contribution in [3.63, 3.8) is 0 Å². The molecule has 7 heteroatoms. The molecule has 0 aliphatic carbocycles. The number of nitrogens with one attached hydrogen (secondary N) is 2. The normalized spacial score (nSPS) is 10.8. The van der Waals surface area contributed by atoms with Crippen LogP contribution in [-0.4, -0.2) is 27.3 Å². The van der Waals surface area contributed by atoms with E-state index in [1.807, 2.05) is 6.92 Å². The first-order valence-electron chi connectivity index (χ1n) is 4.31. The van der Waals surface area contributed by atoms with Crippen LogP contribution in [0.3, 0.4) is 0 Å². The summed E-state index contributed by atoms with van der Waals surface area (Å²) < 4.78 is 5.52. The largest absolute Gasteiger partial charge is 0.378 e. The quantitative estimate of drug-likeness (QED) is 0.808. The van der Waals surface area contributed by atoms with E-state index in [4.69, 9.17) is 17.0 Å². The van der Waals surface area contributed by atoms with Gasteiger partial charge in [-0.15, -0.1) is 11.3 Å². The Labute approximate surface area is 95.5 Å². The van der Waals surface area contributed by atoms with E-state index in [9.17, 15) is 0 Å². The van der Waals surface area contributed by atoms with Gasteiger partial charge in [-0.3, -0.25) is 10.2 Å². The van der Waals surface area contributed by atoms with Gasteiger partial charge >= 0.3 is 0 Å². The number of ether oxygens (including phenoxy) is 1. The number of hydrogen-bond acceptors (Lipinski definition) is 5. The van der Waals surface area contributed by atoms with Gasteiger partial charge in [-0.2, -0.15) is 4.98 Å². The van der Waals surface area contributed by atoms with E-state index >= 15 is 0 Å². The number of H-pyrrole nitrogens is 2. The molecule has 15 heavy (non-hydrogen) atoms. The van der Waals surface area contributed by atoms with Gasteiger partial charge in [-0.1, -0.05) is 0 Å². The van der Waals surface area contributed by atoms with Crippen molar-refractivity contribution in [1.82, 2.24) is 20.2 Å². The maximum Gasteiger partial charge on any atom is 0.213 e. The van der Waals surface area contributed by atoms with Crippen LogP contribution in [0.4, 0.5) is 0 Å². The van der Waals surface area contributed by atoms with E-state index in [-0.39, 0.29) is 0 Å². The van der Waals surface area contributed by atoms with Crippen LogP contribution in [0.2, 0.25) is 0 Å². The van der Waals surface area contributed by atoms with Gasteiger partial charge in [-0.05, 0) is 19.1 Å². The van der Waals surface area contributed by atoms with Gasteiger partial charge in [0.15, 0.2) is 5.82 Å². The van der Waals surface area contributed by atoms with Crippen molar-refractivity contribution < 1.29 is 4.74 Å². The average molecular weight is 242 g/mol. The van der Waals surface area contributed by atoms with Gasteiger partial charge in [0.1, 0.15) is 0 Å². The van der Waals surface area contributed by atoms with Crippen LogP contribution in [0, 0.1) is 11.7 Å². The fourth-order valence-electron chi connectivity index (χ4n) is 1.27. The SMILES string of the molecule is COCc1nc(C)sc1-c1nc(=S)[nH][nH]1. The summed E-state index contributed by atoms with van der Waals surface area (Å²) in [6.07, 6.45) is 0. The number of aromatic amines is 2. The van der Waals surface area contributed by atoms with Crippen LogP contribution >= 0.6 is 23.6 Å². The number of aryl methyl sites for hydroxylation is 1. The number of hydrogen-bond donors (Lipinski definition) is 2. The topological polar surface area (TPSA) is 66.6 Å². The zero-order valence-electron chi connectivity index (χ0n) is 8.33. The van der Waals surface area contributed by atoms with Crippen LogP contribution in [0.1, 0.15) is 10.7 Å². The molecule has 80 valence electrons. The van der Waals surface area contributed by atoms with E-state index in [0.29, 0.717) is 11.4 Å². The first-order chi connectivity index (χ1) is 7.20. The molecule has 0 aliphatic rings. The summed E-state index contributed by atoms with van der Waals surface area (Å²) in [6, 6.07) is 0. The van der Waals surface area contributed by atoms with E-state index in [1.165, 1.54) is 0 Å². The van der Waals surface area contributed by atoms with Crippen LogP contribution in [0.15, 0.2) is 0 Å². The second-order valence-electron chi connectivity index (χ2n) is 2.96. The van der Waals surface area contributed by atoms with Crippen LogP contribution < -0.4 is 0 Å². The third-order valence-electron chi connectivity index (χ3n) is 1.80. The molecule has 2 heterocycles. The molecule has 0 aliphatic heterocycles. The fraction of sp³-hybridized carbons (Fsp3) is 0.375. The van der Waals surface area contributed by atoms with Gasteiger partial charge in [0.2, 0.25) is 4.77 Å². The Kier molecular flexibility index (Phi) is 2.94. The van der Waals surface area contributed by atoms with Gasteiger partial charge in [-0.25, -0.2) is 4.98 Å². The lowest BCUT2D eigenvalue weighted by molar-refractivity contribution is 0.182. The number of methoxy groups -OCH3 is 1. The predicted octanol–water partition coefficient (Wildman–Crippen LogP) is 2.05. The minimum Gasteiger partial charge on any atom is -0.378 e. The van der Waals surface area contributed by atoms with Crippen LogP contribution in [0.5, 0.6) is 0 Å². The minimum atomic E-state index is 0.444. The van der Waals surface area contributed by atoms with Crippen molar-refractivity contribution in [1.29, 1.82) is 0 Å². The summed E-state index contributed by atoms with van der Waals surface area (Å²) in [5.74, 6) is 0.720. The zero-order chi connectivity index (χ0) is 10.8. The molecule has 0 atom stereocenters. The van der Waals surface area contributed by atoms with Crippen molar-refractivity contribution in [3.8, 4) is 10.7 Å². The Morgan fingerprint density at radius 1 is 1.40 bits per heavy atom. The lowest BCUT2D eigenvalue weighted by Crippen LogP contribution is -1.91. The molecule has 0 aromatic carbocycles. The third-order valence-corrected chi connectivity index (χ3v) is 3.01. The smallest absolute Gasteiger partial charge is 0.213 e. The second kappa shape index (κ2) is 4.21. The minimum absolute atomic E-state index is 0.444. The average Bonchev–Trinajstić information content (AvgIpc) is 2.73. The number of thiazole rings is 1. The van der Waals surface area contributed by atoms with Crippen molar-refractivity contribution in [2.24, 2.45) is 0 Å². The molecule has 0 saturated carbocycles. The molecule has 2 aromatic heterocycles. The second-order valence-corrected chi connectivity index (χ2v) is 4.55. The lowest BCUT2D eigenvalue weighted by atomic mass is 10.3. The monoisotopic (exact) mass is 242 g/mol. The highest BCUT2D eigenvalue weighted by atomic mass is 32.1. The highest BCUT2D eigenvalue weighted by Crippen LogP contribution is 2.27.